The second kappa shape index (κ2) is 4.49. The molecule has 1 atom stereocenters. The van der Waals surface area contributed by atoms with Crippen LogP contribution in [0.1, 0.15) is 20.3 Å². The normalized spacial score (nSPS) is 23.8. The van der Waals surface area contributed by atoms with E-state index in [4.69, 9.17) is 0 Å². The van der Waals surface area contributed by atoms with Crippen molar-refractivity contribution in [3.63, 3.8) is 0 Å². The van der Waals surface area contributed by atoms with Gasteiger partial charge in [-0.25, -0.2) is 0 Å². The van der Waals surface area contributed by atoms with E-state index < -0.39 is 12.7 Å². The minimum Gasteiger partial charge on any atom is -0.315 e. The van der Waals surface area contributed by atoms with Gasteiger partial charge in [0.05, 0.1) is 6.54 Å². The molecule has 0 aromatic carbocycles. The van der Waals surface area contributed by atoms with Crippen molar-refractivity contribution in [2.24, 2.45) is 0 Å². The van der Waals surface area contributed by atoms with Crippen LogP contribution in [0.2, 0.25) is 0 Å². The molecule has 0 radical (unpaired) electrons. The largest absolute Gasteiger partial charge is 0.401 e. The Bertz CT molecular complexity index is 173. The van der Waals surface area contributed by atoms with Crippen LogP contribution in [-0.2, 0) is 0 Å². The Kier molecular flexibility index (Phi) is 3.78. The lowest BCUT2D eigenvalue weighted by molar-refractivity contribution is -0.154. The predicted molar refractivity (Wildman–Crippen MR) is 49.2 cm³/mol. The fraction of sp³-hybridized carbons (Fsp3) is 1.00. The predicted octanol–water partition coefficient (Wildman–Crippen LogP) is 1.62. The molecule has 1 aliphatic rings. The lowest BCUT2D eigenvalue weighted by atomic mass is 10.1. The number of hydrogen-bond donors (Lipinski definition) is 1. The number of alkyl halides is 3. The molecule has 14 heavy (non-hydrogen) atoms. The van der Waals surface area contributed by atoms with Gasteiger partial charge in [-0.15, -0.1) is 0 Å². The molecule has 1 rings (SSSR count). The summed E-state index contributed by atoms with van der Waals surface area (Å²) in [5, 5.41) is 3.08. The molecule has 5 heteroatoms. The first kappa shape index (κ1) is 11.8. The Balaban J connectivity index is 2.54. The Morgan fingerprint density at radius 1 is 1.43 bits per heavy atom. The van der Waals surface area contributed by atoms with Gasteiger partial charge in [-0.2, -0.15) is 13.2 Å². The zero-order valence-electron chi connectivity index (χ0n) is 8.56. The lowest BCUT2D eigenvalue weighted by Crippen LogP contribution is -2.46. The van der Waals surface area contributed by atoms with E-state index in [0.29, 0.717) is 6.54 Å². The smallest absolute Gasteiger partial charge is 0.315 e. The van der Waals surface area contributed by atoms with E-state index in [0.717, 1.165) is 13.0 Å². The van der Waals surface area contributed by atoms with E-state index in [9.17, 15) is 13.2 Å². The summed E-state index contributed by atoms with van der Waals surface area (Å²) in [6.07, 6.45) is -3.28. The number of nitrogens with one attached hydrogen (secondary N) is 1. The van der Waals surface area contributed by atoms with Crippen molar-refractivity contribution in [3.8, 4) is 0 Å². The summed E-state index contributed by atoms with van der Waals surface area (Å²) in [5.74, 6) is 0. The molecular formula is C9H17F3N2. The average Bonchev–Trinajstić information content (AvgIpc) is 2.49. The molecular weight excluding hydrogens is 193 g/mol. The molecule has 1 heterocycles. The van der Waals surface area contributed by atoms with Crippen LogP contribution in [0.5, 0.6) is 0 Å². The highest BCUT2D eigenvalue weighted by molar-refractivity contribution is 4.83. The van der Waals surface area contributed by atoms with Crippen LogP contribution in [0.15, 0.2) is 0 Å². The van der Waals surface area contributed by atoms with Crippen LogP contribution in [0.25, 0.3) is 0 Å². The summed E-state index contributed by atoms with van der Waals surface area (Å²) >= 11 is 0. The molecule has 0 aromatic heterocycles. The summed E-state index contributed by atoms with van der Waals surface area (Å²) in [7, 11) is 0. The van der Waals surface area contributed by atoms with E-state index in [-0.39, 0.29) is 12.1 Å². The van der Waals surface area contributed by atoms with Crippen molar-refractivity contribution in [1.29, 1.82) is 0 Å². The molecule has 1 saturated heterocycles. The van der Waals surface area contributed by atoms with Crippen LogP contribution < -0.4 is 5.32 Å². The van der Waals surface area contributed by atoms with Crippen molar-refractivity contribution in [2.75, 3.05) is 19.6 Å². The average molecular weight is 210 g/mol. The standard InChI is InChI=1S/C9H17F3N2/c1-7(2)14(6-9(10,11)12)8-3-4-13-5-8/h7-8,13H,3-6H2,1-2H3. The van der Waals surface area contributed by atoms with Gasteiger partial charge in [0.1, 0.15) is 0 Å². The van der Waals surface area contributed by atoms with Crippen molar-refractivity contribution >= 4 is 0 Å². The second-order valence-electron chi connectivity index (χ2n) is 4.03. The summed E-state index contributed by atoms with van der Waals surface area (Å²) in [4.78, 5) is 1.53. The summed E-state index contributed by atoms with van der Waals surface area (Å²) in [5.41, 5.74) is 0. The van der Waals surface area contributed by atoms with Crippen LogP contribution in [0.4, 0.5) is 13.2 Å². The molecule has 1 unspecified atom stereocenters. The van der Waals surface area contributed by atoms with Crippen molar-refractivity contribution in [2.45, 2.75) is 38.5 Å². The quantitative estimate of drug-likeness (QED) is 0.761. The third kappa shape index (κ3) is 3.46. The van der Waals surface area contributed by atoms with Crippen molar-refractivity contribution < 1.29 is 13.2 Å². The summed E-state index contributed by atoms with van der Waals surface area (Å²) in [6.45, 7) is 4.32. The lowest BCUT2D eigenvalue weighted by Gasteiger charge is -2.32. The molecule has 0 bridgehead atoms. The molecule has 1 fully saturated rings. The highest BCUT2D eigenvalue weighted by atomic mass is 19.4. The molecule has 2 nitrogen and oxygen atoms in total. The monoisotopic (exact) mass is 210 g/mol. The van der Waals surface area contributed by atoms with Gasteiger partial charge in [-0.05, 0) is 26.8 Å². The van der Waals surface area contributed by atoms with E-state index in [1.54, 1.807) is 0 Å². The van der Waals surface area contributed by atoms with Crippen LogP contribution in [0, 0.1) is 0 Å². The van der Waals surface area contributed by atoms with E-state index >= 15 is 0 Å². The Morgan fingerprint density at radius 2 is 2.07 bits per heavy atom. The van der Waals surface area contributed by atoms with E-state index in [1.165, 1.54) is 4.90 Å². The van der Waals surface area contributed by atoms with Crippen molar-refractivity contribution in [3.05, 3.63) is 0 Å². The van der Waals surface area contributed by atoms with E-state index in [2.05, 4.69) is 5.32 Å². The molecule has 0 aromatic rings. The molecule has 1 aliphatic heterocycles. The van der Waals surface area contributed by atoms with Gasteiger partial charge in [-0.1, -0.05) is 0 Å². The molecule has 0 aliphatic carbocycles. The molecule has 0 saturated carbocycles. The molecule has 84 valence electrons. The zero-order chi connectivity index (χ0) is 10.8. The van der Waals surface area contributed by atoms with Gasteiger partial charge in [0.2, 0.25) is 0 Å². The molecule has 0 spiro atoms. The maximum absolute atomic E-state index is 12.3. The molecule has 0 amide bonds. The Hall–Kier alpha value is -0.290. The van der Waals surface area contributed by atoms with Gasteiger partial charge in [-0.3, -0.25) is 4.90 Å². The highest BCUT2D eigenvalue weighted by Gasteiger charge is 2.35. The fourth-order valence-corrected chi connectivity index (χ4v) is 1.86. The summed E-state index contributed by atoms with van der Waals surface area (Å²) < 4.78 is 36.8. The minimum absolute atomic E-state index is 0.0385. The first-order valence-corrected chi connectivity index (χ1v) is 4.93. The second-order valence-corrected chi connectivity index (χ2v) is 4.03. The van der Waals surface area contributed by atoms with E-state index in [1.807, 2.05) is 13.8 Å². The SMILES string of the molecule is CC(C)N(CC(F)(F)F)C1CCNC1. The van der Waals surface area contributed by atoms with Gasteiger partial charge >= 0.3 is 6.18 Å². The highest BCUT2D eigenvalue weighted by Crippen LogP contribution is 2.21. The first-order valence-electron chi connectivity index (χ1n) is 4.93. The number of nitrogens with zero attached hydrogens (tertiary/aromatic N) is 1. The first-order chi connectivity index (χ1) is 6.40. The minimum atomic E-state index is -4.09. The third-order valence-electron chi connectivity index (χ3n) is 2.53. The third-order valence-corrected chi connectivity index (χ3v) is 2.53. The maximum Gasteiger partial charge on any atom is 0.401 e. The van der Waals surface area contributed by atoms with Gasteiger partial charge < -0.3 is 5.32 Å². The maximum atomic E-state index is 12.3. The number of rotatable bonds is 3. The topological polar surface area (TPSA) is 15.3 Å². The van der Waals surface area contributed by atoms with Gasteiger partial charge in [0, 0.05) is 18.6 Å². The summed E-state index contributed by atoms with van der Waals surface area (Å²) in [6, 6.07) is -0.0156. The van der Waals surface area contributed by atoms with Crippen LogP contribution in [-0.4, -0.2) is 42.8 Å². The van der Waals surface area contributed by atoms with Crippen LogP contribution >= 0.6 is 0 Å². The van der Waals surface area contributed by atoms with Crippen LogP contribution in [0.3, 0.4) is 0 Å². The fourth-order valence-electron chi connectivity index (χ4n) is 1.86. The van der Waals surface area contributed by atoms with Gasteiger partial charge in [0.15, 0.2) is 0 Å². The Morgan fingerprint density at radius 3 is 2.43 bits per heavy atom. The van der Waals surface area contributed by atoms with Gasteiger partial charge in [0.25, 0.3) is 0 Å². The van der Waals surface area contributed by atoms with Crippen molar-refractivity contribution in [1.82, 2.24) is 10.2 Å². The zero-order valence-corrected chi connectivity index (χ0v) is 8.56. The number of hydrogen-bond acceptors (Lipinski definition) is 2. The number of halogens is 3. The molecule has 1 N–H and O–H groups in total. The Labute approximate surface area is 82.5 Å².